The molecule has 0 fully saturated rings. The molecular formula is C18H22. The van der Waals surface area contributed by atoms with Gasteiger partial charge >= 0.3 is 0 Å². The van der Waals surface area contributed by atoms with Crippen molar-refractivity contribution in [3.63, 3.8) is 0 Å². The molecule has 0 nitrogen and oxygen atoms in total. The van der Waals surface area contributed by atoms with Gasteiger partial charge in [-0.1, -0.05) is 62.1 Å². The van der Waals surface area contributed by atoms with Crippen LogP contribution in [0, 0.1) is 0 Å². The molecule has 0 aliphatic heterocycles. The summed E-state index contributed by atoms with van der Waals surface area (Å²) in [4.78, 5) is 0. The highest BCUT2D eigenvalue weighted by Gasteiger charge is 2.06. The smallest absolute Gasteiger partial charge is 0.0149 e. The average molecular weight is 238 g/mol. The molecule has 1 aliphatic carbocycles. The Balaban J connectivity index is 2.06. The second kappa shape index (κ2) is 5.56. The van der Waals surface area contributed by atoms with E-state index >= 15 is 0 Å². The molecule has 0 amide bonds. The quantitative estimate of drug-likeness (QED) is 0.586. The van der Waals surface area contributed by atoms with Gasteiger partial charge in [0.05, 0.1) is 0 Å². The summed E-state index contributed by atoms with van der Waals surface area (Å²) in [6, 6.07) is 13.7. The zero-order valence-electron chi connectivity index (χ0n) is 11.1. The Labute approximate surface area is 110 Å². The van der Waals surface area contributed by atoms with Crippen molar-refractivity contribution in [1.29, 1.82) is 0 Å². The highest BCUT2D eigenvalue weighted by atomic mass is 14.1. The summed E-state index contributed by atoms with van der Waals surface area (Å²) in [5, 5.41) is 2.99. The third-order valence-electron chi connectivity index (χ3n) is 4.25. The van der Waals surface area contributed by atoms with Gasteiger partial charge in [0.25, 0.3) is 0 Å². The Bertz CT molecular complexity index is 476. The van der Waals surface area contributed by atoms with Crippen LogP contribution in [0.25, 0.3) is 10.8 Å². The van der Waals surface area contributed by atoms with E-state index in [9.17, 15) is 0 Å². The summed E-state index contributed by atoms with van der Waals surface area (Å²) in [6.45, 7) is 0. The van der Waals surface area contributed by atoms with Gasteiger partial charge in [0.1, 0.15) is 0 Å². The minimum atomic E-state index is 1.25. The van der Waals surface area contributed by atoms with Gasteiger partial charge in [-0.05, 0) is 47.6 Å². The lowest BCUT2D eigenvalue weighted by atomic mass is 9.92. The molecule has 2 aromatic rings. The van der Waals surface area contributed by atoms with E-state index in [0.29, 0.717) is 0 Å². The van der Waals surface area contributed by atoms with Crippen LogP contribution >= 0.6 is 0 Å². The first kappa shape index (κ1) is 11.8. The topological polar surface area (TPSA) is 0 Å². The predicted octanol–water partition coefficient (Wildman–Crippen LogP) is 5.28. The highest BCUT2D eigenvalue weighted by Crippen LogP contribution is 2.26. The van der Waals surface area contributed by atoms with Crippen molar-refractivity contribution in [3.05, 3.63) is 47.5 Å². The van der Waals surface area contributed by atoms with Gasteiger partial charge in [0, 0.05) is 0 Å². The molecule has 0 N–H and O–H groups in total. The number of benzene rings is 2. The molecule has 0 heteroatoms. The van der Waals surface area contributed by atoms with E-state index in [1.165, 1.54) is 62.1 Å². The number of rotatable bonds is 0. The summed E-state index contributed by atoms with van der Waals surface area (Å²) in [5.74, 6) is 0. The van der Waals surface area contributed by atoms with E-state index in [1.54, 1.807) is 11.1 Å². The fraction of sp³-hybridized carbons (Fsp3) is 0.444. The molecule has 0 atom stereocenters. The number of hydrogen-bond donors (Lipinski definition) is 0. The Kier molecular flexibility index (Phi) is 3.64. The molecule has 0 saturated heterocycles. The first-order valence-corrected chi connectivity index (χ1v) is 7.45. The van der Waals surface area contributed by atoms with Crippen LogP contribution in [0.1, 0.15) is 49.7 Å². The normalized spacial score (nSPS) is 17.3. The van der Waals surface area contributed by atoms with Crippen LogP contribution in [0.2, 0.25) is 0 Å². The Morgan fingerprint density at radius 3 is 1.44 bits per heavy atom. The van der Waals surface area contributed by atoms with Crippen LogP contribution in [0.4, 0.5) is 0 Å². The largest absolute Gasteiger partial charge is 0.0616 e. The van der Waals surface area contributed by atoms with Crippen LogP contribution in [-0.4, -0.2) is 0 Å². The third kappa shape index (κ3) is 2.43. The first-order valence-electron chi connectivity index (χ1n) is 7.45. The zero-order chi connectivity index (χ0) is 12.2. The highest BCUT2D eigenvalue weighted by molar-refractivity contribution is 5.88. The van der Waals surface area contributed by atoms with Gasteiger partial charge in [-0.15, -0.1) is 0 Å². The second-order valence-electron chi connectivity index (χ2n) is 5.55. The monoisotopic (exact) mass is 238 g/mol. The molecule has 3 rings (SSSR count). The van der Waals surface area contributed by atoms with Crippen molar-refractivity contribution in [2.75, 3.05) is 0 Å². The predicted molar refractivity (Wildman–Crippen MR) is 79.1 cm³/mol. The molecule has 0 spiro atoms. The summed E-state index contributed by atoms with van der Waals surface area (Å²) >= 11 is 0. The van der Waals surface area contributed by atoms with Crippen molar-refractivity contribution in [2.24, 2.45) is 0 Å². The van der Waals surface area contributed by atoms with Crippen molar-refractivity contribution in [2.45, 2.75) is 51.4 Å². The molecule has 2 bridgehead atoms. The minimum Gasteiger partial charge on any atom is -0.0616 e. The van der Waals surface area contributed by atoms with Crippen LogP contribution in [0.15, 0.2) is 36.4 Å². The molecule has 1 aliphatic rings. The van der Waals surface area contributed by atoms with Crippen LogP contribution in [0.5, 0.6) is 0 Å². The van der Waals surface area contributed by atoms with Crippen LogP contribution in [0.3, 0.4) is 0 Å². The summed E-state index contributed by atoms with van der Waals surface area (Å²) in [6.07, 6.45) is 10.8. The van der Waals surface area contributed by atoms with Crippen LogP contribution < -0.4 is 0 Å². The van der Waals surface area contributed by atoms with Crippen molar-refractivity contribution in [3.8, 4) is 0 Å². The number of aryl methyl sites for hydroxylation is 2. The summed E-state index contributed by atoms with van der Waals surface area (Å²) in [7, 11) is 0. The lowest BCUT2D eigenvalue weighted by Crippen LogP contribution is -1.95. The van der Waals surface area contributed by atoms with E-state index in [4.69, 9.17) is 0 Å². The van der Waals surface area contributed by atoms with Gasteiger partial charge in [-0.25, -0.2) is 0 Å². The maximum atomic E-state index is 2.37. The molecule has 2 aromatic carbocycles. The Hall–Kier alpha value is -1.30. The molecule has 0 radical (unpaired) electrons. The maximum absolute atomic E-state index is 2.37. The molecule has 0 unspecified atom stereocenters. The SMILES string of the molecule is c1ccc2c3ccc(c2c1)CCCCCCCC3. The standard InChI is InChI=1S/C18H22/c1-2-4-6-10-16-14-13-15(9-5-3-1)17-11-7-8-12-18(16)17/h7-8,11-14H,1-6,9-10H2. The second-order valence-corrected chi connectivity index (χ2v) is 5.55. The molecule has 0 saturated carbocycles. The van der Waals surface area contributed by atoms with Crippen LogP contribution in [-0.2, 0) is 12.8 Å². The summed E-state index contributed by atoms with van der Waals surface area (Å²) in [5.41, 5.74) is 3.10. The van der Waals surface area contributed by atoms with Gasteiger partial charge in [0.2, 0.25) is 0 Å². The van der Waals surface area contributed by atoms with Gasteiger partial charge in [-0.3, -0.25) is 0 Å². The van der Waals surface area contributed by atoms with Gasteiger partial charge in [0.15, 0.2) is 0 Å². The molecule has 0 aromatic heterocycles. The number of hydrogen-bond acceptors (Lipinski definition) is 0. The molecule has 18 heavy (non-hydrogen) atoms. The van der Waals surface area contributed by atoms with Crippen molar-refractivity contribution < 1.29 is 0 Å². The lowest BCUT2D eigenvalue weighted by molar-refractivity contribution is 0.593. The molecule has 0 heterocycles. The Morgan fingerprint density at radius 2 is 0.944 bits per heavy atom. The van der Waals surface area contributed by atoms with E-state index < -0.39 is 0 Å². The average Bonchev–Trinajstić information content (AvgIpc) is 2.40. The molecule has 94 valence electrons. The molecular weight excluding hydrogens is 216 g/mol. The zero-order valence-corrected chi connectivity index (χ0v) is 11.1. The van der Waals surface area contributed by atoms with Crippen molar-refractivity contribution in [1.82, 2.24) is 0 Å². The lowest BCUT2D eigenvalue weighted by Gasteiger charge is -2.13. The van der Waals surface area contributed by atoms with Crippen molar-refractivity contribution >= 4 is 10.8 Å². The fourth-order valence-corrected chi connectivity index (χ4v) is 3.20. The minimum absolute atomic E-state index is 1.25. The van der Waals surface area contributed by atoms with Gasteiger partial charge < -0.3 is 0 Å². The Morgan fingerprint density at radius 1 is 0.500 bits per heavy atom. The van der Waals surface area contributed by atoms with E-state index in [0.717, 1.165) is 0 Å². The van der Waals surface area contributed by atoms with E-state index in [1.807, 2.05) is 0 Å². The van der Waals surface area contributed by atoms with E-state index in [2.05, 4.69) is 36.4 Å². The fourth-order valence-electron chi connectivity index (χ4n) is 3.20. The van der Waals surface area contributed by atoms with E-state index in [-0.39, 0.29) is 0 Å². The summed E-state index contributed by atoms with van der Waals surface area (Å²) < 4.78 is 0. The maximum Gasteiger partial charge on any atom is -0.0149 e. The third-order valence-corrected chi connectivity index (χ3v) is 4.25. The van der Waals surface area contributed by atoms with Gasteiger partial charge in [-0.2, -0.15) is 0 Å². The first-order chi connectivity index (χ1) is 8.95. The number of fused-ring (bicyclic) bond motifs is 6.